The number of nitrogens with zero attached hydrogens (tertiary/aromatic N) is 1. The first-order chi connectivity index (χ1) is 7.78. The molecular weight excluding hydrogens is 217 g/mol. The summed E-state index contributed by atoms with van der Waals surface area (Å²) in [5.41, 5.74) is 1.28. The van der Waals surface area contributed by atoms with Crippen LogP contribution in [0.3, 0.4) is 0 Å². The number of anilines is 1. The van der Waals surface area contributed by atoms with Crippen LogP contribution in [-0.4, -0.2) is 13.0 Å². The molecule has 1 aromatic carbocycles. The van der Waals surface area contributed by atoms with Gasteiger partial charge in [-0.2, -0.15) is 0 Å². The monoisotopic (exact) mass is 235 g/mol. The molecule has 3 heteroatoms. The third kappa shape index (κ3) is 1.48. The molecule has 0 aliphatic carbocycles. The molecule has 1 aliphatic heterocycles. The van der Waals surface area contributed by atoms with Gasteiger partial charge in [0, 0.05) is 7.05 Å². The van der Waals surface area contributed by atoms with Crippen LogP contribution < -0.4 is 4.90 Å². The molecule has 0 saturated carbocycles. The van der Waals surface area contributed by atoms with E-state index in [1.54, 1.807) is 13.1 Å². The Morgan fingerprint density at radius 2 is 1.88 bits per heavy atom. The van der Waals surface area contributed by atoms with Crippen LogP contribution in [0, 0.1) is 5.82 Å². The minimum absolute atomic E-state index is 0.0488. The SMILES string of the molecule is CC(C)c1ccc2c(c1F)N(C)C(=O)C2(C)C. The van der Waals surface area contributed by atoms with Gasteiger partial charge in [-0.25, -0.2) is 4.39 Å². The molecule has 92 valence electrons. The number of amides is 1. The summed E-state index contributed by atoms with van der Waals surface area (Å²) in [6.07, 6.45) is 0. The van der Waals surface area contributed by atoms with Gasteiger partial charge in [-0.1, -0.05) is 26.0 Å². The van der Waals surface area contributed by atoms with E-state index >= 15 is 0 Å². The van der Waals surface area contributed by atoms with Crippen LogP contribution in [0.5, 0.6) is 0 Å². The first kappa shape index (κ1) is 12.1. The second kappa shape index (κ2) is 3.56. The molecule has 17 heavy (non-hydrogen) atoms. The molecule has 0 fully saturated rings. The summed E-state index contributed by atoms with van der Waals surface area (Å²) in [4.78, 5) is 13.5. The van der Waals surface area contributed by atoms with E-state index in [0.29, 0.717) is 11.3 Å². The Morgan fingerprint density at radius 3 is 2.41 bits per heavy atom. The van der Waals surface area contributed by atoms with Crippen molar-refractivity contribution in [3.63, 3.8) is 0 Å². The third-order valence-electron chi connectivity index (χ3n) is 3.62. The molecule has 2 nitrogen and oxygen atoms in total. The normalized spacial score (nSPS) is 17.8. The number of carbonyl (C=O) groups excluding carboxylic acids is 1. The number of hydrogen-bond acceptors (Lipinski definition) is 1. The second-order valence-corrected chi connectivity index (χ2v) is 5.51. The quantitative estimate of drug-likeness (QED) is 0.732. The lowest BCUT2D eigenvalue weighted by Crippen LogP contribution is -2.33. The van der Waals surface area contributed by atoms with E-state index in [4.69, 9.17) is 0 Å². The van der Waals surface area contributed by atoms with Gasteiger partial charge < -0.3 is 4.90 Å². The lowest BCUT2D eigenvalue weighted by molar-refractivity contribution is -0.121. The van der Waals surface area contributed by atoms with Gasteiger partial charge >= 0.3 is 0 Å². The fraction of sp³-hybridized carbons (Fsp3) is 0.500. The van der Waals surface area contributed by atoms with Crippen molar-refractivity contribution < 1.29 is 9.18 Å². The molecular formula is C14H18FNO. The molecule has 1 aliphatic rings. The molecule has 0 aromatic heterocycles. The van der Waals surface area contributed by atoms with Crippen molar-refractivity contribution in [1.29, 1.82) is 0 Å². The topological polar surface area (TPSA) is 20.3 Å². The van der Waals surface area contributed by atoms with Gasteiger partial charge in [0.25, 0.3) is 0 Å². The van der Waals surface area contributed by atoms with Gasteiger partial charge in [-0.3, -0.25) is 4.79 Å². The molecule has 1 amide bonds. The Labute approximate surface area is 101 Å². The first-order valence-electron chi connectivity index (χ1n) is 5.89. The number of benzene rings is 1. The number of hydrogen-bond donors (Lipinski definition) is 0. The molecule has 0 atom stereocenters. The van der Waals surface area contributed by atoms with E-state index in [1.807, 2.05) is 33.8 Å². The zero-order valence-electron chi connectivity index (χ0n) is 11.0. The van der Waals surface area contributed by atoms with Crippen LogP contribution in [0.4, 0.5) is 10.1 Å². The molecule has 0 spiro atoms. The maximum Gasteiger partial charge on any atom is 0.236 e. The maximum atomic E-state index is 14.4. The Bertz CT molecular complexity index is 491. The zero-order chi connectivity index (χ0) is 13.0. The van der Waals surface area contributed by atoms with Crippen LogP contribution in [0.2, 0.25) is 0 Å². The maximum absolute atomic E-state index is 14.4. The number of halogens is 1. The van der Waals surface area contributed by atoms with Crippen molar-refractivity contribution in [3.8, 4) is 0 Å². The predicted octanol–water partition coefficient (Wildman–Crippen LogP) is 3.20. The largest absolute Gasteiger partial charge is 0.312 e. The lowest BCUT2D eigenvalue weighted by atomic mass is 9.85. The summed E-state index contributed by atoms with van der Waals surface area (Å²) in [5.74, 6) is -0.182. The molecule has 0 bridgehead atoms. The Morgan fingerprint density at radius 1 is 1.29 bits per heavy atom. The third-order valence-corrected chi connectivity index (χ3v) is 3.62. The van der Waals surface area contributed by atoms with E-state index in [1.165, 1.54) is 4.90 Å². The molecule has 0 saturated heterocycles. The highest BCUT2D eigenvalue weighted by Gasteiger charge is 2.44. The summed E-state index contributed by atoms with van der Waals surface area (Å²) in [6, 6.07) is 3.68. The highest BCUT2D eigenvalue weighted by Crippen LogP contribution is 2.43. The van der Waals surface area contributed by atoms with Crippen molar-refractivity contribution in [3.05, 3.63) is 29.1 Å². The fourth-order valence-corrected chi connectivity index (χ4v) is 2.49. The van der Waals surface area contributed by atoms with Gasteiger partial charge in [-0.05, 0) is 30.9 Å². The summed E-state index contributed by atoms with van der Waals surface area (Å²) < 4.78 is 14.4. The highest BCUT2D eigenvalue weighted by molar-refractivity contribution is 6.07. The summed E-state index contributed by atoms with van der Waals surface area (Å²) in [6.45, 7) is 7.58. The zero-order valence-corrected chi connectivity index (χ0v) is 11.0. The van der Waals surface area contributed by atoms with Gasteiger partial charge in [0.15, 0.2) is 5.82 Å². The molecule has 1 aromatic rings. The number of rotatable bonds is 1. The van der Waals surface area contributed by atoms with Crippen molar-refractivity contribution in [2.75, 3.05) is 11.9 Å². The second-order valence-electron chi connectivity index (χ2n) is 5.51. The van der Waals surface area contributed by atoms with Crippen LogP contribution >= 0.6 is 0 Å². The van der Waals surface area contributed by atoms with E-state index in [9.17, 15) is 9.18 Å². The number of fused-ring (bicyclic) bond motifs is 1. The highest BCUT2D eigenvalue weighted by atomic mass is 19.1. The van der Waals surface area contributed by atoms with E-state index in [-0.39, 0.29) is 17.6 Å². The van der Waals surface area contributed by atoms with Crippen LogP contribution in [0.15, 0.2) is 12.1 Å². The smallest absolute Gasteiger partial charge is 0.236 e. The average molecular weight is 235 g/mol. The Kier molecular flexibility index (Phi) is 2.53. The van der Waals surface area contributed by atoms with Gasteiger partial charge in [0.1, 0.15) is 0 Å². The van der Waals surface area contributed by atoms with Crippen LogP contribution in [0.25, 0.3) is 0 Å². The Balaban J connectivity index is 2.71. The lowest BCUT2D eigenvalue weighted by Gasteiger charge is -2.16. The minimum Gasteiger partial charge on any atom is -0.312 e. The molecule has 0 unspecified atom stereocenters. The van der Waals surface area contributed by atoms with E-state index < -0.39 is 5.41 Å². The first-order valence-corrected chi connectivity index (χ1v) is 5.89. The van der Waals surface area contributed by atoms with Gasteiger partial charge in [-0.15, -0.1) is 0 Å². The average Bonchev–Trinajstić information content (AvgIpc) is 2.41. The predicted molar refractivity (Wildman–Crippen MR) is 66.9 cm³/mol. The fourth-order valence-electron chi connectivity index (χ4n) is 2.49. The Hall–Kier alpha value is -1.38. The van der Waals surface area contributed by atoms with Crippen molar-refractivity contribution in [2.24, 2.45) is 0 Å². The number of carbonyl (C=O) groups is 1. The summed E-state index contributed by atoms with van der Waals surface area (Å²) in [5, 5.41) is 0. The van der Waals surface area contributed by atoms with Gasteiger partial charge in [0.2, 0.25) is 5.91 Å². The molecule has 1 heterocycles. The van der Waals surface area contributed by atoms with Crippen LogP contribution in [-0.2, 0) is 10.2 Å². The van der Waals surface area contributed by atoms with Crippen molar-refractivity contribution in [2.45, 2.75) is 39.0 Å². The molecule has 0 N–H and O–H groups in total. The number of likely N-dealkylation sites (N-methyl/N-ethyl adjacent to an activating group) is 1. The van der Waals surface area contributed by atoms with Crippen molar-refractivity contribution in [1.82, 2.24) is 0 Å². The molecule has 2 rings (SSSR count). The minimum atomic E-state index is -0.625. The molecule has 0 radical (unpaired) electrons. The summed E-state index contributed by atoms with van der Waals surface area (Å²) in [7, 11) is 1.64. The van der Waals surface area contributed by atoms with E-state index in [0.717, 1.165) is 5.56 Å². The van der Waals surface area contributed by atoms with Gasteiger partial charge in [0.05, 0.1) is 11.1 Å². The van der Waals surface area contributed by atoms with E-state index in [2.05, 4.69) is 0 Å². The standard InChI is InChI=1S/C14H18FNO/c1-8(2)9-6-7-10-12(11(9)15)16(5)13(17)14(10,3)4/h6-8H,1-5H3. The summed E-state index contributed by atoms with van der Waals surface area (Å²) >= 11 is 0. The van der Waals surface area contributed by atoms with Crippen molar-refractivity contribution >= 4 is 11.6 Å². The van der Waals surface area contributed by atoms with Crippen LogP contribution in [0.1, 0.15) is 44.7 Å².